The number of nitrogens with one attached hydrogen (secondary N) is 1. The van der Waals surface area contributed by atoms with E-state index in [9.17, 15) is 4.39 Å². The maximum atomic E-state index is 14.5. The van der Waals surface area contributed by atoms with Crippen molar-refractivity contribution < 1.29 is 4.39 Å². The fraction of sp³-hybridized carbons (Fsp3) is 0.160. The highest BCUT2D eigenvalue weighted by molar-refractivity contribution is 5.83. The van der Waals surface area contributed by atoms with E-state index in [0.717, 1.165) is 41.8 Å². The number of rotatable bonds is 6. The molecule has 32 heavy (non-hydrogen) atoms. The molecule has 5 rings (SSSR count). The van der Waals surface area contributed by atoms with Crippen LogP contribution in [0.5, 0.6) is 0 Å². The minimum atomic E-state index is -0.332. The monoisotopic (exact) mass is 426 g/mol. The highest BCUT2D eigenvalue weighted by Crippen LogP contribution is 2.33. The zero-order chi connectivity index (χ0) is 22.1. The van der Waals surface area contributed by atoms with Crippen molar-refractivity contribution in [3.63, 3.8) is 0 Å². The summed E-state index contributed by atoms with van der Waals surface area (Å²) in [6.45, 7) is 2.89. The van der Waals surface area contributed by atoms with Crippen molar-refractivity contribution in [2.45, 2.75) is 26.3 Å². The summed E-state index contributed by atoms with van der Waals surface area (Å²) in [5.41, 5.74) is 11.1. The van der Waals surface area contributed by atoms with Crippen LogP contribution in [-0.4, -0.2) is 24.5 Å². The molecule has 0 atom stereocenters. The Bertz CT molecular complexity index is 1390. The summed E-state index contributed by atoms with van der Waals surface area (Å²) in [5, 5.41) is 0. The molecule has 0 bridgehead atoms. The molecule has 0 aliphatic rings. The van der Waals surface area contributed by atoms with Crippen molar-refractivity contribution in [1.29, 1.82) is 0 Å². The molecule has 160 valence electrons. The predicted molar refractivity (Wildman–Crippen MR) is 125 cm³/mol. The first-order chi connectivity index (χ1) is 15.7. The van der Waals surface area contributed by atoms with E-state index in [1.807, 2.05) is 47.0 Å². The van der Waals surface area contributed by atoms with Gasteiger partial charge in [-0.05, 0) is 30.7 Å². The van der Waals surface area contributed by atoms with Crippen LogP contribution in [0.1, 0.15) is 19.8 Å². The number of unbranched alkanes of at least 4 members (excludes halogenated alkanes) is 1. The number of H-pyrrole nitrogens is 1. The van der Waals surface area contributed by atoms with E-state index in [4.69, 9.17) is 15.7 Å². The molecule has 0 radical (unpaired) electrons. The molecule has 0 spiro atoms. The number of hydrogen-bond donors (Lipinski definition) is 2. The van der Waals surface area contributed by atoms with Gasteiger partial charge in [-0.25, -0.2) is 19.3 Å². The molecular weight excluding hydrogens is 403 g/mol. The number of anilines is 1. The number of aromatic nitrogens is 5. The van der Waals surface area contributed by atoms with E-state index in [2.05, 4.69) is 16.9 Å². The largest absolute Gasteiger partial charge is 0.369 e. The summed E-state index contributed by atoms with van der Waals surface area (Å²) in [4.78, 5) is 17.4. The molecular formula is C25H23FN6. The van der Waals surface area contributed by atoms with Crippen molar-refractivity contribution in [2.24, 2.45) is 0 Å². The number of nitrogens with two attached hydrogens (primary N) is 1. The number of nitrogen functional groups attached to an aromatic ring is 1. The smallest absolute Gasteiger partial charge is 0.202 e. The second-order valence-corrected chi connectivity index (χ2v) is 7.67. The lowest BCUT2D eigenvalue weighted by atomic mass is 10.1. The van der Waals surface area contributed by atoms with Crippen LogP contribution >= 0.6 is 0 Å². The Morgan fingerprint density at radius 2 is 1.72 bits per heavy atom. The normalized spacial score (nSPS) is 11.3. The minimum absolute atomic E-state index is 0.332. The number of benzene rings is 2. The van der Waals surface area contributed by atoms with Crippen molar-refractivity contribution in [3.8, 4) is 34.0 Å². The van der Waals surface area contributed by atoms with Gasteiger partial charge in [0.15, 0.2) is 5.65 Å². The van der Waals surface area contributed by atoms with Crippen LogP contribution in [0, 0.1) is 5.82 Å². The molecule has 0 saturated heterocycles. The predicted octanol–water partition coefficient (Wildman–Crippen LogP) is 5.68. The maximum absolute atomic E-state index is 14.5. The molecule has 0 saturated carbocycles. The molecule has 0 unspecified atom stereocenters. The topological polar surface area (TPSA) is 85.4 Å². The fourth-order valence-corrected chi connectivity index (χ4v) is 3.84. The first-order valence-corrected chi connectivity index (χ1v) is 10.7. The number of aromatic amines is 1. The van der Waals surface area contributed by atoms with E-state index >= 15 is 0 Å². The second-order valence-electron chi connectivity index (χ2n) is 7.67. The Labute approximate surface area is 185 Å². The standard InChI is InChI=1S/C25H23FN6/c1-2-3-15-32-24-20(29-25(32)27)14-13-19(28-24)22-21(16-9-5-4-6-10-16)30-23(31-22)17-11-7-8-12-18(17)26/h4-14H,2-3,15H2,1H3,(H2,27,29)(H,30,31). The molecule has 3 aromatic heterocycles. The lowest BCUT2D eigenvalue weighted by Crippen LogP contribution is -2.04. The van der Waals surface area contributed by atoms with Gasteiger partial charge in [0, 0.05) is 12.1 Å². The summed E-state index contributed by atoms with van der Waals surface area (Å²) in [5.74, 6) is 0.581. The molecule has 0 amide bonds. The highest BCUT2D eigenvalue weighted by Gasteiger charge is 2.19. The average Bonchev–Trinajstić information content (AvgIpc) is 3.39. The van der Waals surface area contributed by atoms with Gasteiger partial charge < -0.3 is 10.7 Å². The first kappa shape index (κ1) is 19.9. The van der Waals surface area contributed by atoms with Gasteiger partial charge in [0.25, 0.3) is 0 Å². The van der Waals surface area contributed by atoms with Crippen LogP contribution in [0.25, 0.3) is 45.2 Å². The SMILES string of the molecule is CCCCn1c(N)nc2ccc(-c3[nH]c(-c4ccccc4F)nc3-c3ccccc3)nc21. The van der Waals surface area contributed by atoms with Crippen molar-refractivity contribution in [3.05, 3.63) is 72.5 Å². The number of aryl methyl sites for hydroxylation is 1. The van der Waals surface area contributed by atoms with E-state index in [1.165, 1.54) is 6.07 Å². The van der Waals surface area contributed by atoms with E-state index in [1.54, 1.807) is 18.2 Å². The molecule has 3 N–H and O–H groups in total. The summed E-state index contributed by atoms with van der Waals surface area (Å²) in [7, 11) is 0. The maximum Gasteiger partial charge on any atom is 0.202 e. The first-order valence-electron chi connectivity index (χ1n) is 10.7. The van der Waals surface area contributed by atoms with Crippen molar-refractivity contribution in [1.82, 2.24) is 24.5 Å². The molecule has 3 heterocycles. The quantitative estimate of drug-likeness (QED) is 0.366. The molecule has 7 heteroatoms. The summed E-state index contributed by atoms with van der Waals surface area (Å²) >= 11 is 0. The van der Waals surface area contributed by atoms with Crippen LogP contribution in [0.15, 0.2) is 66.7 Å². The molecule has 2 aromatic carbocycles. The van der Waals surface area contributed by atoms with Gasteiger partial charge in [-0.15, -0.1) is 0 Å². The minimum Gasteiger partial charge on any atom is -0.369 e. The average molecular weight is 426 g/mol. The number of imidazole rings is 2. The van der Waals surface area contributed by atoms with Crippen molar-refractivity contribution in [2.75, 3.05) is 5.73 Å². The molecule has 6 nitrogen and oxygen atoms in total. The van der Waals surface area contributed by atoms with Gasteiger partial charge in [0.2, 0.25) is 5.95 Å². The lowest BCUT2D eigenvalue weighted by Gasteiger charge is -2.06. The highest BCUT2D eigenvalue weighted by atomic mass is 19.1. The van der Waals surface area contributed by atoms with Crippen LogP contribution in [-0.2, 0) is 6.54 Å². The van der Waals surface area contributed by atoms with Crippen LogP contribution < -0.4 is 5.73 Å². The molecule has 0 aliphatic carbocycles. The Morgan fingerprint density at radius 3 is 2.50 bits per heavy atom. The van der Waals surface area contributed by atoms with Gasteiger partial charge in [-0.2, -0.15) is 0 Å². The lowest BCUT2D eigenvalue weighted by molar-refractivity contribution is 0.630. The van der Waals surface area contributed by atoms with Gasteiger partial charge in [0.05, 0.1) is 22.6 Å². The second kappa shape index (κ2) is 8.26. The molecule has 0 aliphatic heterocycles. The number of pyridine rings is 1. The van der Waals surface area contributed by atoms with Gasteiger partial charge in [-0.3, -0.25) is 4.57 Å². The Morgan fingerprint density at radius 1 is 0.938 bits per heavy atom. The summed E-state index contributed by atoms with van der Waals surface area (Å²) < 4.78 is 16.4. The fourth-order valence-electron chi connectivity index (χ4n) is 3.84. The van der Waals surface area contributed by atoms with E-state index in [-0.39, 0.29) is 5.82 Å². The van der Waals surface area contributed by atoms with Crippen LogP contribution in [0.4, 0.5) is 10.3 Å². The van der Waals surface area contributed by atoms with E-state index in [0.29, 0.717) is 28.7 Å². The zero-order valence-corrected chi connectivity index (χ0v) is 17.7. The Kier molecular flexibility index (Phi) is 5.15. The number of hydrogen-bond acceptors (Lipinski definition) is 4. The van der Waals surface area contributed by atoms with Gasteiger partial charge in [-0.1, -0.05) is 55.8 Å². The number of fused-ring (bicyclic) bond motifs is 1. The van der Waals surface area contributed by atoms with Gasteiger partial charge >= 0.3 is 0 Å². The number of nitrogens with zero attached hydrogens (tertiary/aromatic N) is 4. The van der Waals surface area contributed by atoms with Crippen LogP contribution in [0.3, 0.4) is 0 Å². The third kappa shape index (κ3) is 3.51. The molecule has 5 aromatic rings. The molecule has 0 fully saturated rings. The van der Waals surface area contributed by atoms with Crippen LogP contribution in [0.2, 0.25) is 0 Å². The van der Waals surface area contributed by atoms with Crippen molar-refractivity contribution >= 4 is 17.1 Å². The van der Waals surface area contributed by atoms with E-state index < -0.39 is 0 Å². The Hall–Kier alpha value is -4.00. The zero-order valence-electron chi connectivity index (χ0n) is 17.7. The summed E-state index contributed by atoms with van der Waals surface area (Å²) in [6.07, 6.45) is 2.03. The Balaban J connectivity index is 1.70. The van der Waals surface area contributed by atoms with Gasteiger partial charge in [0.1, 0.15) is 17.2 Å². The third-order valence-electron chi connectivity index (χ3n) is 5.49. The third-order valence-corrected chi connectivity index (χ3v) is 5.49. The summed E-state index contributed by atoms with van der Waals surface area (Å²) in [6, 6.07) is 20.2. The number of halogens is 1.